The lowest BCUT2D eigenvalue weighted by Crippen LogP contribution is -2.24. The highest BCUT2D eigenvalue weighted by Crippen LogP contribution is 2.30. The maximum absolute atomic E-state index is 11.8. The van der Waals surface area contributed by atoms with Crippen LogP contribution in [0.15, 0.2) is 47.5 Å². The molecule has 134 valence electrons. The van der Waals surface area contributed by atoms with Gasteiger partial charge in [-0.3, -0.25) is 9.79 Å². The molecule has 1 heterocycles. The fourth-order valence-corrected chi connectivity index (χ4v) is 2.94. The number of nitrogens with two attached hydrogens (primary N) is 1. The van der Waals surface area contributed by atoms with Crippen molar-refractivity contribution < 1.29 is 9.90 Å². The summed E-state index contributed by atoms with van der Waals surface area (Å²) in [5.41, 5.74) is 10.2. The molecule has 6 nitrogen and oxygen atoms in total. The Labute approximate surface area is 152 Å². The van der Waals surface area contributed by atoms with Crippen LogP contribution >= 0.6 is 0 Å². The zero-order valence-corrected chi connectivity index (χ0v) is 15.1. The second-order valence-corrected chi connectivity index (χ2v) is 6.17. The first kappa shape index (κ1) is 17.5. The minimum Gasteiger partial charge on any atom is -0.494 e. The van der Waals surface area contributed by atoms with Gasteiger partial charge >= 0.3 is 0 Å². The van der Waals surface area contributed by atoms with Crippen LogP contribution < -0.4 is 10.6 Å². The quantitative estimate of drug-likeness (QED) is 0.491. The van der Waals surface area contributed by atoms with Crippen LogP contribution in [0.5, 0.6) is 5.88 Å². The number of carbonyl (C=O) groups excluding carboxylic acids is 1. The van der Waals surface area contributed by atoms with E-state index in [1.807, 2.05) is 50.2 Å². The van der Waals surface area contributed by atoms with E-state index in [-0.39, 0.29) is 11.8 Å². The molecule has 0 aliphatic carbocycles. The molecule has 0 radical (unpaired) electrons. The first-order chi connectivity index (χ1) is 12.4. The lowest BCUT2D eigenvalue weighted by molar-refractivity contribution is -0.118. The van der Waals surface area contributed by atoms with E-state index in [2.05, 4.69) is 9.98 Å². The minimum atomic E-state index is 0.0544. The molecular weight excluding hydrogens is 328 g/mol. The molecule has 3 aromatic rings. The third-order valence-corrected chi connectivity index (χ3v) is 4.38. The predicted octanol–water partition coefficient (Wildman–Crippen LogP) is 3.97. The number of aromatic nitrogens is 1. The third-order valence-electron chi connectivity index (χ3n) is 4.38. The van der Waals surface area contributed by atoms with Gasteiger partial charge < -0.3 is 20.7 Å². The number of aliphatic imine (C=N–C) groups is 1. The Morgan fingerprint density at radius 3 is 2.58 bits per heavy atom. The molecular formula is C20H22N4O2. The van der Waals surface area contributed by atoms with Gasteiger partial charge in [0.05, 0.1) is 17.0 Å². The summed E-state index contributed by atoms with van der Waals surface area (Å²) >= 11 is 0. The lowest BCUT2D eigenvalue weighted by atomic mass is 10.1. The van der Waals surface area contributed by atoms with Crippen LogP contribution in [0, 0.1) is 0 Å². The zero-order valence-electron chi connectivity index (χ0n) is 15.1. The summed E-state index contributed by atoms with van der Waals surface area (Å²) in [6.45, 7) is 3.67. The van der Waals surface area contributed by atoms with Crippen molar-refractivity contribution in [1.29, 1.82) is 0 Å². The number of fused-ring (bicyclic) bond motifs is 1. The summed E-state index contributed by atoms with van der Waals surface area (Å²) in [6.07, 6.45) is 0.457. The van der Waals surface area contributed by atoms with Gasteiger partial charge in [0.2, 0.25) is 5.91 Å². The van der Waals surface area contributed by atoms with Crippen molar-refractivity contribution in [1.82, 2.24) is 4.98 Å². The van der Waals surface area contributed by atoms with Gasteiger partial charge in [-0.1, -0.05) is 6.92 Å². The average molecular weight is 350 g/mol. The van der Waals surface area contributed by atoms with Gasteiger partial charge in [-0.05, 0) is 49.4 Å². The van der Waals surface area contributed by atoms with Crippen molar-refractivity contribution in [3.8, 4) is 5.88 Å². The van der Waals surface area contributed by atoms with Crippen LogP contribution in [-0.2, 0) is 4.79 Å². The number of nitrogens with zero attached hydrogens (tertiary/aromatic N) is 2. The maximum atomic E-state index is 11.8. The summed E-state index contributed by atoms with van der Waals surface area (Å²) in [6, 6.07) is 12.8. The standard InChI is InChI=1S/C20H22N4O2/c1-4-18(25)24(3)15-8-6-14(7-9-15)22-12(2)19-16-11-13(21)5-10-17(16)23-20(19)26/h5-11,23,26H,4,21H2,1-3H3. The molecule has 6 heteroatoms. The molecule has 0 saturated carbocycles. The Hall–Kier alpha value is -3.28. The van der Waals surface area contributed by atoms with Crippen molar-refractivity contribution in [2.24, 2.45) is 4.99 Å². The monoisotopic (exact) mass is 350 g/mol. The highest BCUT2D eigenvalue weighted by Gasteiger charge is 2.14. The van der Waals surface area contributed by atoms with Gasteiger partial charge in [0.25, 0.3) is 0 Å². The van der Waals surface area contributed by atoms with Crippen molar-refractivity contribution in [2.75, 3.05) is 17.7 Å². The number of aromatic hydroxyl groups is 1. The fraction of sp³-hybridized carbons (Fsp3) is 0.200. The Morgan fingerprint density at radius 2 is 1.92 bits per heavy atom. The molecule has 0 spiro atoms. The van der Waals surface area contributed by atoms with Gasteiger partial charge in [-0.2, -0.15) is 0 Å². The number of aromatic amines is 1. The second kappa shape index (κ2) is 6.92. The number of nitrogens with one attached hydrogen (secondary N) is 1. The van der Waals surface area contributed by atoms with E-state index < -0.39 is 0 Å². The molecule has 1 aromatic heterocycles. The summed E-state index contributed by atoms with van der Waals surface area (Å²) in [5, 5.41) is 11.1. The highest BCUT2D eigenvalue weighted by molar-refractivity contribution is 6.13. The highest BCUT2D eigenvalue weighted by atomic mass is 16.3. The van der Waals surface area contributed by atoms with Crippen LogP contribution in [0.2, 0.25) is 0 Å². The van der Waals surface area contributed by atoms with Crippen molar-refractivity contribution in [3.05, 3.63) is 48.0 Å². The number of benzene rings is 2. The fourth-order valence-electron chi connectivity index (χ4n) is 2.94. The van der Waals surface area contributed by atoms with Crippen LogP contribution in [0.4, 0.5) is 17.1 Å². The smallest absolute Gasteiger partial charge is 0.226 e. The van der Waals surface area contributed by atoms with E-state index in [9.17, 15) is 9.90 Å². The molecule has 1 amide bonds. The minimum absolute atomic E-state index is 0.0544. The van der Waals surface area contributed by atoms with Crippen LogP contribution in [0.1, 0.15) is 25.8 Å². The van der Waals surface area contributed by atoms with E-state index in [1.54, 1.807) is 18.0 Å². The molecule has 3 rings (SSSR count). The molecule has 0 fully saturated rings. The van der Waals surface area contributed by atoms with Crippen LogP contribution in [-0.4, -0.2) is 28.8 Å². The van der Waals surface area contributed by atoms with E-state index in [4.69, 9.17) is 5.73 Å². The Balaban J connectivity index is 1.94. The SMILES string of the molecule is CCC(=O)N(C)c1ccc(N=C(C)c2c(O)[nH]c3ccc(N)cc23)cc1. The number of hydrogen-bond donors (Lipinski definition) is 3. The summed E-state index contributed by atoms with van der Waals surface area (Å²) in [5.74, 6) is 0.121. The molecule has 0 saturated heterocycles. The Kier molecular flexibility index (Phi) is 4.67. The van der Waals surface area contributed by atoms with Gasteiger partial charge in [-0.15, -0.1) is 0 Å². The van der Waals surface area contributed by atoms with E-state index >= 15 is 0 Å². The summed E-state index contributed by atoms with van der Waals surface area (Å²) in [7, 11) is 1.75. The van der Waals surface area contributed by atoms with Crippen LogP contribution in [0.25, 0.3) is 10.9 Å². The molecule has 0 aliphatic heterocycles. The van der Waals surface area contributed by atoms with Gasteiger partial charge in [-0.25, -0.2) is 0 Å². The number of nitrogen functional groups attached to an aromatic ring is 1. The average Bonchev–Trinajstić information content (AvgIpc) is 2.96. The molecule has 0 atom stereocenters. The number of carbonyl (C=O) groups is 1. The summed E-state index contributed by atoms with van der Waals surface area (Å²) < 4.78 is 0. The van der Waals surface area contributed by atoms with Crippen molar-refractivity contribution in [2.45, 2.75) is 20.3 Å². The largest absolute Gasteiger partial charge is 0.494 e. The molecule has 4 N–H and O–H groups in total. The second-order valence-electron chi connectivity index (χ2n) is 6.17. The topological polar surface area (TPSA) is 94.7 Å². The number of amides is 1. The predicted molar refractivity (Wildman–Crippen MR) is 106 cm³/mol. The third kappa shape index (κ3) is 3.26. The molecule has 0 aliphatic rings. The summed E-state index contributed by atoms with van der Waals surface area (Å²) in [4.78, 5) is 20.9. The number of rotatable bonds is 4. The maximum Gasteiger partial charge on any atom is 0.226 e. The molecule has 0 bridgehead atoms. The van der Waals surface area contributed by atoms with Crippen LogP contribution in [0.3, 0.4) is 0 Å². The zero-order chi connectivity index (χ0) is 18.8. The van der Waals surface area contributed by atoms with Crippen molar-refractivity contribution >= 4 is 39.6 Å². The number of hydrogen-bond acceptors (Lipinski definition) is 4. The number of H-pyrrole nitrogens is 1. The number of anilines is 2. The molecule has 26 heavy (non-hydrogen) atoms. The normalized spacial score (nSPS) is 11.7. The Bertz CT molecular complexity index is 987. The van der Waals surface area contributed by atoms with Gasteiger partial charge in [0.1, 0.15) is 0 Å². The first-order valence-corrected chi connectivity index (χ1v) is 8.43. The van der Waals surface area contributed by atoms with Crippen molar-refractivity contribution in [3.63, 3.8) is 0 Å². The first-order valence-electron chi connectivity index (χ1n) is 8.43. The van der Waals surface area contributed by atoms with E-state index in [0.717, 1.165) is 22.3 Å². The van der Waals surface area contributed by atoms with Gasteiger partial charge in [0.15, 0.2) is 5.88 Å². The van der Waals surface area contributed by atoms with Gasteiger partial charge in [0, 0.05) is 35.7 Å². The molecule has 2 aromatic carbocycles. The molecule has 0 unspecified atom stereocenters. The Morgan fingerprint density at radius 1 is 1.23 bits per heavy atom. The lowest BCUT2D eigenvalue weighted by Gasteiger charge is -2.16. The van der Waals surface area contributed by atoms with E-state index in [0.29, 0.717) is 23.4 Å². The van der Waals surface area contributed by atoms with E-state index in [1.165, 1.54) is 0 Å².